The Balaban J connectivity index is 1.54. The number of fused-ring (bicyclic) bond motifs is 2. The Morgan fingerprint density at radius 1 is 1.32 bits per heavy atom. The molecule has 5 nitrogen and oxygen atoms in total. The summed E-state index contributed by atoms with van der Waals surface area (Å²) < 4.78 is 11.1. The number of hydrogen-bond acceptors (Lipinski definition) is 4. The highest BCUT2D eigenvalue weighted by Crippen LogP contribution is 2.29. The molecule has 0 atom stereocenters. The molecule has 0 aliphatic carbocycles. The zero-order valence-electron chi connectivity index (χ0n) is 12.9. The van der Waals surface area contributed by atoms with Crippen LogP contribution in [0.3, 0.4) is 0 Å². The maximum absolute atomic E-state index is 5.58. The Morgan fingerprint density at radius 3 is 3.18 bits per heavy atom. The van der Waals surface area contributed by atoms with E-state index in [0.717, 1.165) is 50.5 Å². The van der Waals surface area contributed by atoms with E-state index in [1.165, 1.54) is 22.4 Å². The topological polar surface area (TPSA) is 50.4 Å². The number of hydrogen-bond donors (Lipinski definition) is 1. The molecule has 5 heteroatoms. The number of aromatic amines is 1. The van der Waals surface area contributed by atoms with Crippen molar-refractivity contribution >= 4 is 0 Å². The number of ether oxygens (including phenoxy) is 2. The molecule has 2 aromatic rings. The summed E-state index contributed by atoms with van der Waals surface area (Å²) in [7, 11) is 1.75. The second-order valence-corrected chi connectivity index (χ2v) is 5.99. The first-order valence-electron chi connectivity index (χ1n) is 7.85. The molecule has 3 heterocycles. The molecule has 0 saturated heterocycles. The van der Waals surface area contributed by atoms with Crippen LogP contribution in [0.2, 0.25) is 0 Å². The van der Waals surface area contributed by atoms with Gasteiger partial charge in [0.25, 0.3) is 0 Å². The van der Waals surface area contributed by atoms with Crippen LogP contribution in [-0.2, 0) is 37.3 Å². The number of aromatic nitrogens is 2. The highest BCUT2D eigenvalue weighted by Gasteiger charge is 2.23. The van der Waals surface area contributed by atoms with E-state index in [1.54, 1.807) is 7.11 Å². The van der Waals surface area contributed by atoms with Crippen LogP contribution in [-0.4, -0.2) is 35.4 Å². The SMILES string of the molecule is COc1cccc2c1CN(Cc1n[nH]c3c1COCC3)CC2. The summed E-state index contributed by atoms with van der Waals surface area (Å²) in [5, 5.41) is 7.69. The zero-order valence-corrected chi connectivity index (χ0v) is 12.9. The molecule has 0 unspecified atom stereocenters. The van der Waals surface area contributed by atoms with Crippen molar-refractivity contribution in [3.8, 4) is 5.75 Å². The summed E-state index contributed by atoms with van der Waals surface area (Å²) in [5.74, 6) is 0.995. The van der Waals surface area contributed by atoms with Crippen molar-refractivity contribution in [2.45, 2.75) is 32.5 Å². The van der Waals surface area contributed by atoms with Crippen molar-refractivity contribution < 1.29 is 9.47 Å². The monoisotopic (exact) mass is 299 g/mol. The Hall–Kier alpha value is -1.85. The van der Waals surface area contributed by atoms with E-state index in [1.807, 2.05) is 6.07 Å². The predicted molar refractivity (Wildman–Crippen MR) is 82.8 cm³/mol. The second-order valence-electron chi connectivity index (χ2n) is 5.99. The number of rotatable bonds is 3. The van der Waals surface area contributed by atoms with Gasteiger partial charge in [0.15, 0.2) is 0 Å². The van der Waals surface area contributed by atoms with Gasteiger partial charge in [-0.05, 0) is 18.1 Å². The molecule has 0 amide bonds. The lowest BCUT2D eigenvalue weighted by Gasteiger charge is -2.29. The smallest absolute Gasteiger partial charge is 0.123 e. The van der Waals surface area contributed by atoms with Crippen LogP contribution in [0.25, 0.3) is 0 Å². The van der Waals surface area contributed by atoms with Gasteiger partial charge >= 0.3 is 0 Å². The first-order valence-corrected chi connectivity index (χ1v) is 7.85. The van der Waals surface area contributed by atoms with E-state index in [0.29, 0.717) is 6.61 Å². The van der Waals surface area contributed by atoms with Crippen molar-refractivity contribution in [1.29, 1.82) is 0 Å². The van der Waals surface area contributed by atoms with Crippen LogP contribution in [0, 0.1) is 0 Å². The summed E-state index contributed by atoms with van der Waals surface area (Å²) >= 11 is 0. The fourth-order valence-corrected chi connectivity index (χ4v) is 3.44. The number of methoxy groups -OCH3 is 1. The Labute approximate surface area is 130 Å². The molecule has 0 bridgehead atoms. The fourth-order valence-electron chi connectivity index (χ4n) is 3.44. The molecule has 116 valence electrons. The van der Waals surface area contributed by atoms with Gasteiger partial charge in [0.1, 0.15) is 5.75 Å². The van der Waals surface area contributed by atoms with Crippen LogP contribution in [0.15, 0.2) is 18.2 Å². The number of benzene rings is 1. The highest BCUT2D eigenvalue weighted by atomic mass is 16.5. The lowest BCUT2D eigenvalue weighted by molar-refractivity contribution is 0.108. The normalized spacial score (nSPS) is 17.9. The third-order valence-corrected chi connectivity index (χ3v) is 4.68. The van der Waals surface area contributed by atoms with E-state index in [2.05, 4.69) is 27.2 Å². The van der Waals surface area contributed by atoms with E-state index in [-0.39, 0.29) is 0 Å². The van der Waals surface area contributed by atoms with Crippen molar-refractivity contribution in [3.63, 3.8) is 0 Å². The standard InChI is InChI=1S/C17H21N3O2/c1-21-17-4-2-3-12-5-7-20(9-13(12)17)10-16-14-11-22-8-6-15(14)18-19-16/h2-4H,5-11H2,1H3,(H,18,19). The summed E-state index contributed by atoms with van der Waals surface area (Å²) in [6.07, 6.45) is 2.01. The summed E-state index contributed by atoms with van der Waals surface area (Å²) in [4.78, 5) is 2.44. The van der Waals surface area contributed by atoms with Gasteiger partial charge in [-0.15, -0.1) is 0 Å². The van der Waals surface area contributed by atoms with E-state index in [9.17, 15) is 0 Å². The lowest BCUT2D eigenvalue weighted by atomic mass is 9.98. The maximum atomic E-state index is 5.58. The summed E-state index contributed by atoms with van der Waals surface area (Å²) in [6.45, 7) is 4.33. The zero-order chi connectivity index (χ0) is 14.9. The van der Waals surface area contributed by atoms with Crippen LogP contribution >= 0.6 is 0 Å². The van der Waals surface area contributed by atoms with Crippen LogP contribution in [0.1, 0.15) is 28.1 Å². The number of nitrogens with zero attached hydrogens (tertiary/aromatic N) is 2. The van der Waals surface area contributed by atoms with Crippen LogP contribution in [0.5, 0.6) is 5.75 Å². The lowest BCUT2D eigenvalue weighted by Crippen LogP contribution is -2.31. The maximum Gasteiger partial charge on any atom is 0.123 e. The molecule has 0 spiro atoms. The van der Waals surface area contributed by atoms with Crippen molar-refractivity contribution in [2.75, 3.05) is 20.3 Å². The quantitative estimate of drug-likeness (QED) is 0.942. The summed E-state index contributed by atoms with van der Waals surface area (Å²) in [5.41, 5.74) is 6.36. The average molecular weight is 299 g/mol. The summed E-state index contributed by atoms with van der Waals surface area (Å²) in [6, 6.07) is 6.33. The first kappa shape index (κ1) is 13.8. The first-order chi connectivity index (χ1) is 10.8. The largest absolute Gasteiger partial charge is 0.496 e. The van der Waals surface area contributed by atoms with Crippen molar-refractivity contribution in [3.05, 3.63) is 46.3 Å². The molecular weight excluding hydrogens is 278 g/mol. The molecule has 1 aromatic heterocycles. The van der Waals surface area contributed by atoms with Crippen LogP contribution < -0.4 is 4.74 Å². The van der Waals surface area contributed by atoms with Gasteiger partial charge in [0.2, 0.25) is 0 Å². The van der Waals surface area contributed by atoms with E-state index < -0.39 is 0 Å². The van der Waals surface area contributed by atoms with Crippen LogP contribution in [0.4, 0.5) is 0 Å². The van der Waals surface area contributed by atoms with Crippen molar-refractivity contribution in [2.24, 2.45) is 0 Å². The van der Waals surface area contributed by atoms with Gasteiger partial charge in [-0.1, -0.05) is 12.1 Å². The molecule has 4 rings (SSSR count). The molecular formula is C17H21N3O2. The van der Waals surface area contributed by atoms with Gasteiger partial charge in [-0.3, -0.25) is 10.00 Å². The molecule has 1 aromatic carbocycles. The Bertz CT molecular complexity index is 666. The third-order valence-electron chi connectivity index (χ3n) is 4.68. The minimum absolute atomic E-state index is 0.689. The fraction of sp³-hybridized carbons (Fsp3) is 0.471. The highest BCUT2D eigenvalue weighted by molar-refractivity contribution is 5.41. The van der Waals surface area contributed by atoms with Gasteiger partial charge in [0.05, 0.1) is 26.0 Å². The molecule has 0 fully saturated rings. The van der Waals surface area contributed by atoms with Crippen molar-refractivity contribution in [1.82, 2.24) is 15.1 Å². The second kappa shape index (κ2) is 5.74. The Kier molecular flexibility index (Phi) is 3.60. The molecule has 0 radical (unpaired) electrons. The molecule has 2 aliphatic rings. The van der Waals surface area contributed by atoms with E-state index in [4.69, 9.17) is 9.47 Å². The Morgan fingerprint density at radius 2 is 2.27 bits per heavy atom. The third kappa shape index (κ3) is 2.40. The van der Waals surface area contributed by atoms with Gasteiger partial charge in [-0.25, -0.2) is 0 Å². The molecule has 0 saturated carbocycles. The molecule has 22 heavy (non-hydrogen) atoms. The average Bonchev–Trinajstić information content (AvgIpc) is 2.97. The number of H-pyrrole nitrogens is 1. The minimum Gasteiger partial charge on any atom is -0.496 e. The predicted octanol–water partition coefficient (Wildman–Crippen LogP) is 2.05. The minimum atomic E-state index is 0.689. The number of nitrogens with one attached hydrogen (secondary N) is 1. The molecule has 1 N–H and O–H groups in total. The van der Waals surface area contributed by atoms with E-state index >= 15 is 0 Å². The molecule has 2 aliphatic heterocycles. The van der Waals surface area contributed by atoms with Gasteiger partial charge in [-0.2, -0.15) is 5.10 Å². The van der Waals surface area contributed by atoms with Gasteiger partial charge < -0.3 is 9.47 Å². The van der Waals surface area contributed by atoms with Gasteiger partial charge in [0, 0.05) is 42.9 Å².